The molecule has 0 aromatic carbocycles. The molecule has 1 aliphatic rings. The molecule has 0 radical (unpaired) electrons. The summed E-state index contributed by atoms with van der Waals surface area (Å²) in [7, 11) is 1.96. The first kappa shape index (κ1) is 11.5. The second-order valence-corrected chi connectivity index (χ2v) is 5.01. The Kier molecular flexibility index (Phi) is 2.91. The van der Waals surface area contributed by atoms with Crippen LogP contribution >= 0.6 is 0 Å². The molecular weight excluding hydrogens is 228 g/mol. The third kappa shape index (κ3) is 2.18. The van der Waals surface area contributed by atoms with Crippen molar-refractivity contribution in [1.82, 2.24) is 19.8 Å². The van der Waals surface area contributed by atoms with Crippen molar-refractivity contribution in [3.8, 4) is 0 Å². The van der Waals surface area contributed by atoms with Gasteiger partial charge in [0.1, 0.15) is 0 Å². The topological polar surface area (TPSA) is 47.1 Å². The van der Waals surface area contributed by atoms with E-state index in [4.69, 9.17) is 4.52 Å². The lowest BCUT2D eigenvalue weighted by molar-refractivity contribution is 0.216. The highest BCUT2D eigenvalue weighted by Crippen LogP contribution is 2.32. The Balaban J connectivity index is 1.75. The predicted molar refractivity (Wildman–Crippen MR) is 66.8 cm³/mol. The molecule has 0 spiro atoms. The molecule has 1 saturated heterocycles. The quantitative estimate of drug-likeness (QED) is 0.831. The van der Waals surface area contributed by atoms with Gasteiger partial charge in [-0.1, -0.05) is 5.16 Å². The first-order valence-electron chi connectivity index (χ1n) is 6.37. The molecule has 3 heterocycles. The Morgan fingerprint density at radius 2 is 2.39 bits per heavy atom. The van der Waals surface area contributed by atoms with Crippen molar-refractivity contribution < 1.29 is 4.52 Å². The van der Waals surface area contributed by atoms with Crippen LogP contribution in [0, 0.1) is 6.92 Å². The summed E-state index contributed by atoms with van der Waals surface area (Å²) in [6, 6.07) is 2.47. The maximum atomic E-state index is 5.30. The first-order chi connectivity index (χ1) is 8.72. The smallest absolute Gasteiger partial charge is 0.150 e. The maximum Gasteiger partial charge on any atom is 0.150 e. The van der Waals surface area contributed by atoms with Crippen molar-refractivity contribution >= 4 is 0 Å². The van der Waals surface area contributed by atoms with E-state index in [1.807, 2.05) is 30.9 Å². The van der Waals surface area contributed by atoms with Crippen molar-refractivity contribution in [3.05, 3.63) is 35.5 Å². The standard InChI is InChI=1S/C13H18N4O/c1-10-6-12(18-15-10)9-17-5-3-4-13(17)11-7-14-16(2)8-11/h6-8,13H,3-5,9H2,1-2H3/t13-/m1/s1. The highest BCUT2D eigenvalue weighted by Gasteiger charge is 2.27. The molecule has 0 bridgehead atoms. The largest absolute Gasteiger partial charge is 0.360 e. The highest BCUT2D eigenvalue weighted by atomic mass is 16.5. The molecule has 1 aliphatic heterocycles. The van der Waals surface area contributed by atoms with E-state index in [1.165, 1.54) is 18.4 Å². The zero-order chi connectivity index (χ0) is 12.5. The second kappa shape index (κ2) is 4.57. The third-order valence-electron chi connectivity index (χ3n) is 3.51. The average molecular weight is 246 g/mol. The summed E-state index contributed by atoms with van der Waals surface area (Å²) in [5.41, 5.74) is 2.24. The summed E-state index contributed by atoms with van der Waals surface area (Å²) < 4.78 is 7.17. The maximum absolute atomic E-state index is 5.30. The number of nitrogens with zero attached hydrogens (tertiary/aromatic N) is 4. The zero-order valence-corrected chi connectivity index (χ0v) is 10.8. The Morgan fingerprint density at radius 3 is 3.06 bits per heavy atom. The van der Waals surface area contributed by atoms with E-state index in [9.17, 15) is 0 Å². The minimum Gasteiger partial charge on any atom is -0.360 e. The molecule has 5 heteroatoms. The summed E-state index contributed by atoms with van der Waals surface area (Å²) in [5.74, 6) is 0.947. The number of aromatic nitrogens is 3. The molecule has 0 saturated carbocycles. The van der Waals surface area contributed by atoms with Crippen molar-refractivity contribution in [2.75, 3.05) is 6.54 Å². The Morgan fingerprint density at radius 1 is 1.50 bits per heavy atom. The SMILES string of the molecule is Cc1cc(CN2CCC[C@@H]2c2cnn(C)c2)on1. The van der Waals surface area contributed by atoms with Gasteiger partial charge < -0.3 is 4.52 Å². The summed E-state index contributed by atoms with van der Waals surface area (Å²) >= 11 is 0. The van der Waals surface area contributed by atoms with E-state index in [0.29, 0.717) is 6.04 Å². The summed E-state index contributed by atoms with van der Waals surface area (Å²) in [6.45, 7) is 3.90. The van der Waals surface area contributed by atoms with Gasteiger partial charge in [-0.3, -0.25) is 9.58 Å². The van der Waals surface area contributed by atoms with E-state index in [0.717, 1.165) is 24.5 Å². The van der Waals surface area contributed by atoms with Crippen LogP contribution in [0.2, 0.25) is 0 Å². The normalized spacial score (nSPS) is 20.7. The lowest BCUT2D eigenvalue weighted by atomic mass is 10.1. The molecule has 1 atom stereocenters. The van der Waals surface area contributed by atoms with Gasteiger partial charge in [-0.05, 0) is 26.3 Å². The van der Waals surface area contributed by atoms with E-state index < -0.39 is 0 Å². The van der Waals surface area contributed by atoms with Gasteiger partial charge in [0.05, 0.1) is 18.4 Å². The van der Waals surface area contributed by atoms with Crippen molar-refractivity contribution in [3.63, 3.8) is 0 Å². The van der Waals surface area contributed by atoms with Crippen LogP contribution in [0.25, 0.3) is 0 Å². The minimum absolute atomic E-state index is 0.462. The number of hydrogen-bond acceptors (Lipinski definition) is 4. The van der Waals surface area contributed by atoms with Gasteiger partial charge in [0.15, 0.2) is 5.76 Å². The van der Waals surface area contributed by atoms with E-state index >= 15 is 0 Å². The van der Waals surface area contributed by atoms with Crippen LogP contribution in [0.1, 0.15) is 35.9 Å². The predicted octanol–water partition coefficient (Wildman–Crippen LogP) is 2.05. The molecule has 0 aliphatic carbocycles. The Bertz CT molecular complexity index is 531. The van der Waals surface area contributed by atoms with E-state index in [-0.39, 0.29) is 0 Å². The Hall–Kier alpha value is -1.62. The highest BCUT2D eigenvalue weighted by molar-refractivity contribution is 5.13. The lowest BCUT2D eigenvalue weighted by Gasteiger charge is -2.21. The van der Waals surface area contributed by atoms with Crippen LogP contribution in [0.15, 0.2) is 23.0 Å². The average Bonchev–Trinajstić information content (AvgIpc) is 3.01. The number of hydrogen-bond donors (Lipinski definition) is 0. The molecule has 5 nitrogen and oxygen atoms in total. The van der Waals surface area contributed by atoms with Gasteiger partial charge in [-0.2, -0.15) is 5.10 Å². The molecule has 18 heavy (non-hydrogen) atoms. The lowest BCUT2D eigenvalue weighted by Crippen LogP contribution is -2.22. The molecule has 0 N–H and O–H groups in total. The molecule has 1 fully saturated rings. The molecule has 2 aromatic heterocycles. The van der Waals surface area contributed by atoms with E-state index in [1.54, 1.807) is 0 Å². The molecule has 0 amide bonds. The third-order valence-corrected chi connectivity index (χ3v) is 3.51. The van der Waals surface area contributed by atoms with Gasteiger partial charge >= 0.3 is 0 Å². The van der Waals surface area contributed by atoms with Crippen molar-refractivity contribution in [2.24, 2.45) is 7.05 Å². The molecule has 3 rings (SSSR count). The first-order valence-corrected chi connectivity index (χ1v) is 6.37. The van der Waals surface area contributed by atoms with Crippen LogP contribution in [0.3, 0.4) is 0 Å². The minimum atomic E-state index is 0.462. The van der Waals surface area contributed by atoms with Gasteiger partial charge in [0.25, 0.3) is 0 Å². The summed E-state index contributed by atoms with van der Waals surface area (Å²) in [4.78, 5) is 2.44. The van der Waals surface area contributed by atoms with Crippen LogP contribution in [-0.4, -0.2) is 26.4 Å². The Labute approximate surface area is 106 Å². The monoisotopic (exact) mass is 246 g/mol. The summed E-state index contributed by atoms with van der Waals surface area (Å²) in [6.07, 6.45) is 6.49. The fourth-order valence-corrected chi connectivity index (χ4v) is 2.70. The number of rotatable bonds is 3. The van der Waals surface area contributed by atoms with Crippen LogP contribution in [0.5, 0.6) is 0 Å². The van der Waals surface area contributed by atoms with Crippen molar-refractivity contribution in [1.29, 1.82) is 0 Å². The van der Waals surface area contributed by atoms with Gasteiger partial charge in [-0.15, -0.1) is 0 Å². The fourth-order valence-electron chi connectivity index (χ4n) is 2.70. The molecular formula is C13H18N4O. The molecule has 96 valence electrons. The molecule has 2 aromatic rings. The van der Waals surface area contributed by atoms with Crippen LogP contribution in [-0.2, 0) is 13.6 Å². The van der Waals surface area contributed by atoms with Crippen LogP contribution in [0.4, 0.5) is 0 Å². The number of likely N-dealkylation sites (tertiary alicyclic amines) is 1. The van der Waals surface area contributed by atoms with E-state index in [2.05, 4.69) is 21.4 Å². The van der Waals surface area contributed by atoms with Crippen LogP contribution < -0.4 is 0 Å². The molecule has 0 unspecified atom stereocenters. The van der Waals surface area contributed by atoms with Gasteiger partial charge in [0, 0.05) is 30.9 Å². The fraction of sp³-hybridized carbons (Fsp3) is 0.538. The van der Waals surface area contributed by atoms with Crippen molar-refractivity contribution in [2.45, 2.75) is 32.4 Å². The van der Waals surface area contributed by atoms with Gasteiger partial charge in [-0.25, -0.2) is 0 Å². The second-order valence-electron chi connectivity index (χ2n) is 5.01. The summed E-state index contributed by atoms with van der Waals surface area (Å²) in [5, 5.41) is 8.20. The van der Waals surface area contributed by atoms with Gasteiger partial charge in [0.2, 0.25) is 0 Å². The zero-order valence-electron chi connectivity index (χ0n) is 10.8. The number of aryl methyl sites for hydroxylation is 2.